The van der Waals surface area contributed by atoms with Crippen LogP contribution in [-0.2, 0) is 0 Å². The van der Waals surface area contributed by atoms with Crippen molar-refractivity contribution in [3.05, 3.63) is 24.3 Å². The average Bonchev–Trinajstić information content (AvgIpc) is 1.88. The largest absolute Gasteiger partial charge is 0.508 e. The van der Waals surface area contributed by atoms with Crippen molar-refractivity contribution in [1.82, 2.24) is 0 Å². The van der Waals surface area contributed by atoms with Gasteiger partial charge >= 0.3 is 0 Å². The van der Waals surface area contributed by atoms with Gasteiger partial charge in [-0.25, -0.2) is 0 Å². The monoisotopic (exact) mass is 160 g/mol. The molecule has 0 aliphatic rings. The van der Waals surface area contributed by atoms with Gasteiger partial charge in [0.25, 0.3) is 0 Å². The molecule has 11 heavy (non-hydrogen) atoms. The van der Waals surface area contributed by atoms with E-state index < -0.39 is 0 Å². The van der Waals surface area contributed by atoms with Crippen LogP contribution in [0.1, 0.15) is 0 Å². The zero-order chi connectivity index (χ0) is 7.56. The molecule has 0 aromatic heterocycles. The molecule has 0 bridgehead atoms. The first kappa shape index (κ1) is 10.8. The number of nitrogens with zero attached hydrogens (tertiary/aromatic N) is 1. The number of anilines is 1. The Morgan fingerprint density at radius 1 is 1.27 bits per heavy atom. The molecule has 0 saturated heterocycles. The number of aromatic hydroxyl groups is 1. The smallest absolute Gasteiger partial charge is 0.117 e. The summed E-state index contributed by atoms with van der Waals surface area (Å²) in [7, 11) is 3.88. The van der Waals surface area contributed by atoms with E-state index in [0.29, 0.717) is 5.75 Å². The molecular formula is C8H11NNaO. The Hall–Kier alpha value is -0.180. The van der Waals surface area contributed by atoms with Crippen molar-refractivity contribution >= 4 is 35.2 Å². The normalized spacial score (nSPS) is 8.55. The molecule has 1 rings (SSSR count). The third-order valence-corrected chi connectivity index (χ3v) is 1.35. The van der Waals surface area contributed by atoms with Crippen LogP contribution >= 0.6 is 0 Å². The maximum absolute atomic E-state index is 9.04. The first-order valence-electron chi connectivity index (χ1n) is 3.16. The minimum absolute atomic E-state index is 0. The van der Waals surface area contributed by atoms with Gasteiger partial charge in [0.1, 0.15) is 5.75 Å². The number of rotatable bonds is 1. The van der Waals surface area contributed by atoms with E-state index in [0.717, 1.165) is 5.69 Å². The van der Waals surface area contributed by atoms with Gasteiger partial charge in [-0.05, 0) is 12.1 Å². The van der Waals surface area contributed by atoms with E-state index in [9.17, 15) is 0 Å². The fraction of sp³-hybridized carbons (Fsp3) is 0.250. The maximum atomic E-state index is 9.04. The molecule has 0 saturated carbocycles. The van der Waals surface area contributed by atoms with Crippen LogP contribution < -0.4 is 4.90 Å². The van der Waals surface area contributed by atoms with Crippen LogP contribution in [0.5, 0.6) is 5.75 Å². The fourth-order valence-electron chi connectivity index (χ4n) is 0.771. The van der Waals surface area contributed by atoms with Gasteiger partial charge in [-0.1, -0.05) is 6.07 Å². The molecule has 2 nitrogen and oxygen atoms in total. The third-order valence-electron chi connectivity index (χ3n) is 1.35. The minimum atomic E-state index is 0. The van der Waals surface area contributed by atoms with Gasteiger partial charge in [0.15, 0.2) is 0 Å². The fourth-order valence-corrected chi connectivity index (χ4v) is 0.771. The van der Waals surface area contributed by atoms with E-state index in [-0.39, 0.29) is 29.6 Å². The number of hydrogen-bond acceptors (Lipinski definition) is 2. The predicted octanol–water partition coefficient (Wildman–Crippen LogP) is 1.08. The molecule has 0 aliphatic heterocycles. The Morgan fingerprint density at radius 3 is 2.27 bits per heavy atom. The molecule has 55 valence electrons. The SMILES string of the molecule is CN(C)c1cccc(O)c1.[Na]. The summed E-state index contributed by atoms with van der Waals surface area (Å²) in [6.07, 6.45) is 0. The maximum Gasteiger partial charge on any atom is 0.117 e. The summed E-state index contributed by atoms with van der Waals surface area (Å²) >= 11 is 0. The molecule has 1 N–H and O–H groups in total. The molecule has 1 aromatic rings. The molecule has 0 amide bonds. The minimum Gasteiger partial charge on any atom is -0.508 e. The van der Waals surface area contributed by atoms with Crippen LogP contribution in [-0.4, -0.2) is 48.8 Å². The topological polar surface area (TPSA) is 23.5 Å². The summed E-state index contributed by atoms with van der Waals surface area (Å²) in [5.41, 5.74) is 1.01. The molecule has 0 atom stereocenters. The summed E-state index contributed by atoms with van der Waals surface area (Å²) in [5, 5.41) is 9.04. The quantitative estimate of drug-likeness (QED) is 0.621. The first-order valence-corrected chi connectivity index (χ1v) is 3.16. The van der Waals surface area contributed by atoms with E-state index in [1.54, 1.807) is 12.1 Å². The van der Waals surface area contributed by atoms with Crippen molar-refractivity contribution < 1.29 is 5.11 Å². The molecule has 0 fully saturated rings. The molecule has 0 heterocycles. The zero-order valence-electron chi connectivity index (χ0n) is 7.20. The molecule has 0 unspecified atom stereocenters. The molecule has 1 radical (unpaired) electrons. The molecular weight excluding hydrogens is 149 g/mol. The Labute approximate surface area is 89.1 Å². The van der Waals surface area contributed by atoms with Crippen molar-refractivity contribution in [2.24, 2.45) is 0 Å². The van der Waals surface area contributed by atoms with Crippen molar-refractivity contribution in [2.45, 2.75) is 0 Å². The van der Waals surface area contributed by atoms with Crippen molar-refractivity contribution in [2.75, 3.05) is 19.0 Å². The third kappa shape index (κ3) is 3.14. The molecule has 1 aromatic carbocycles. The van der Waals surface area contributed by atoms with Gasteiger partial charge < -0.3 is 10.0 Å². The van der Waals surface area contributed by atoms with E-state index in [4.69, 9.17) is 5.11 Å². The van der Waals surface area contributed by atoms with Crippen LogP contribution in [0.2, 0.25) is 0 Å². The van der Waals surface area contributed by atoms with E-state index in [1.165, 1.54) is 0 Å². The number of phenolic OH excluding ortho intramolecular Hbond substituents is 1. The Morgan fingerprint density at radius 2 is 1.91 bits per heavy atom. The second kappa shape index (κ2) is 4.65. The first-order chi connectivity index (χ1) is 4.70. The standard InChI is InChI=1S/C8H11NO.Na/c1-9(2)7-4-3-5-8(10)6-7;/h3-6,10H,1-2H3;. The van der Waals surface area contributed by atoms with Crippen LogP contribution in [0.3, 0.4) is 0 Å². The summed E-state index contributed by atoms with van der Waals surface area (Å²) in [4.78, 5) is 1.94. The zero-order valence-corrected chi connectivity index (χ0v) is 9.20. The summed E-state index contributed by atoms with van der Waals surface area (Å²) in [5.74, 6) is 0.311. The summed E-state index contributed by atoms with van der Waals surface area (Å²) in [6, 6.07) is 7.15. The van der Waals surface area contributed by atoms with Gasteiger partial charge in [-0.15, -0.1) is 0 Å². The van der Waals surface area contributed by atoms with Crippen molar-refractivity contribution in [1.29, 1.82) is 0 Å². The average molecular weight is 160 g/mol. The Kier molecular flexibility index (Phi) is 4.57. The second-order valence-electron chi connectivity index (χ2n) is 2.41. The summed E-state index contributed by atoms with van der Waals surface area (Å²) < 4.78 is 0. The Balaban J connectivity index is 0.000001000. The van der Waals surface area contributed by atoms with Crippen LogP contribution in [0.15, 0.2) is 24.3 Å². The predicted molar refractivity (Wildman–Crippen MR) is 48.2 cm³/mol. The van der Waals surface area contributed by atoms with Crippen LogP contribution in [0.25, 0.3) is 0 Å². The summed E-state index contributed by atoms with van der Waals surface area (Å²) in [6.45, 7) is 0. The molecule has 0 aliphatic carbocycles. The van der Waals surface area contributed by atoms with Crippen LogP contribution in [0, 0.1) is 0 Å². The van der Waals surface area contributed by atoms with Gasteiger partial charge in [0.05, 0.1) is 0 Å². The van der Waals surface area contributed by atoms with E-state index in [2.05, 4.69) is 0 Å². The van der Waals surface area contributed by atoms with Crippen LogP contribution in [0.4, 0.5) is 5.69 Å². The van der Waals surface area contributed by atoms with E-state index >= 15 is 0 Å². The number of hydrogen-bond donors (Lipinski definition) is 1. The van der Waals surface area contributed by atoms with E-state index in [1.807, 2.05) is 31.1 Å². The van der Waals surface area contributed by atoms with Gasteiger partial charge in [0.2, 0.25) is 0 Å². The van der Waals surface area contributed by atoms with Crippen molar-refractivity contribution in [3.63, 3.8) is 0 Å². The van der Waals surface area contributed by atoms with Gasteiger partial charge in [-0.3, -0.25) is 0 Å². The Bertz CT molecular complexity index is 225. The van der Waals surface area contributed by atoms with Gasteiger partial charge in [-0.2, -0.15) is 0 Å². The van der Waals surface area contributed by atoms with Crippen molar-refractivity contribution in [3.8, 4) is 5.75 Å². The number of phenols is 1. The molecule has 0 spiro atoms. The second-order valence-corrected chi connectivity index (χ2v) is 2.41. The van der Waals surface area contributed by atoms with Gasteiger partial charge in [0, 0.05) is 55.4 Å². The number of benzene rings is 1. The molecule has 3 heteroatoms.